The monoisotopic (exact) mass is 243 g/mol. The number of hydrogen-bond acceptors (Lipinski definition) is 4. The maximum atomic E-state index is 11.6. The average Bonchev–Trinajstić information content (AvgIpc) is 2.40. The third-order valence-corrected chi connectivity index (χ3v) is 4.13. The summed E-state index contributed by atoms with van der Waals surface area (Å²) in [7, 11) is 0. The van der Waals surface area contributed by atoms with Gasteiger partial charge in [0.1, 0.15) is 0 Å². The number of hydrogen-bond donors (Lipinski definition) is 0. The lowest BCUT2D eigenvalue weighted by Crippen LogP contribution is -2.34. The average molecular weight is 243 g/mol. The van der Waals surface area contributed by atoms with Crippen molar-refractivity contribution in [1.82, 2.24) is 0 Å². The molecule has 2 fully saturated rings. The first-order chi connectivity index (χ1) is 7.22. The van der Waals surface area contributed by atoms with E-state index in [-0.39, 0.29) is 29.3 Å². The van der Waals surface area contributed by atoms with Gasteiger partial charge < -0.3 is 13.1 Å². The highest BCUT2D eigenvalue weighted by Crippen LogP contribution is 2.37. The standard InChI is InChI=1S/C10H16O4.Al.H2O/c1-2-6-3-4-7(9(11)12)8(5-6)10(13)14;;/h6-8H,2-5H2,1H3,(H,11,12)(H,13,14);;1H2/q;+2;/p-2. The second kappa shape index (κ2) is 5.67. The zero-order chi connectivity index (χ0) is 10.8. The lowest BCUT2D eigenvalue weighted by Gasteiger charge is -2.31. The zero-order valence-corrected chi connectivity index (χ0v) is 10.4. The third kappa shape index (κ3) is 2.57. The molecule has 1 aliphatic carbocycles. The Kier molecular flexibility index (Phi) is 4.78. The van der Waals surface area contributed by atoms with Crippen LogP contribution in [0.15, 0.2) is 0 Å². The summed E-state index contributed by atoms with van der Waals surface area (Å²) >= 11 is -0.921. The summed E-state index contributed by atoms with van der Waals surface area (Å²) in [5.74, 6) is -0.379. The summed E-state index contributed by atoms with van der Waals surface area (Å²) in [5, 5.41) is 0. The molecule has 2 aliphatic rings. The lowest BCUT2D eigenvalue weighted by atomic mass is 9.73. The topological polar surface area (TPSA) is 84.1 Å². The van der Waals surface area contributed by atoms with Crippen LogP contribution < -0.4 is 0 Å². The molecule has 3 unspecified atom stereocenters. The molecule has 1 saturated carbocycles. The van der Waals surface area contributed by atoms with Crippen molar-refractivity contribution in [3.63, 3.8) is 0 Å². The molecule has 2 rings (SSSR count). The lowest BCUT2D eigenvalue weighted by molar-refractivity contribution is -0.148. The van der Waals surface area contributed by atoms with Gasteiger partial charge in [0, 0.05) is 0 Å². The van der Waals surface area contributed by atoms with Gasteiger partial charge in [0.2, 0.25) is 0 Å². The van der Waals surface area contributed by atoms with Crippen LogP contribution in [0, 0.1) is 17.8 Å². The summed E-state index contributed by atoms with van der Waals surface area (Å²) < 4.78 is 9.85. The predicted octanol–water partition coefficient (Wildman–Crippen LogP) is 0.238. The molecule has 3 atom stereocenters. The van der Waals surface area contributed by atoms with Crippen molar-refractivity contribution >= 4 is 27.8 Å². The van der Waals surface area contributed by atoms with Crippen LogP contribution in [0.3, 0.4) is 0 Å². The molecule has 16 heavy (non-hydrogen) atoms. The van der Waals surface area contributed by atoms with Crippen molar-refractivity contribution in [1.29, 1.82) is 0 Å². The van der Waals surface area contributed by atoms with Crippen molar-refractivity contribution in [3.8, 4) is 0 Å². The molecule has 1 radical (unpaired) electrons. The molecule has 6 heteroatoms. The maximum absolute atomic E-state index is 11.6. The van der Waals surface area contributed by atoms with Crippen molar-refractivity contribution in [3.05, 3.63) is 0 Å². The second-order valence-electron chi connectivity index (χ2n) is 4.27. The van der Waals surface area contributed by atoms with Crippen molar-refractivity contribution in [2.45, 2.75) is 32.6 Å². The SMILES string of the molecule is CCC1CCC2C(=O)[O][Al][O]C(=O)C2C1.O. The molecule has 1 saturated heterocycles. The molecule has 0 aromatic rings. The van der Waals surface area contributed by atoms with Gasteiger partial charge in [-0.15, -0.1) is 0 Å². The molecule has 5 nitrogen and oxygen atoms in total. The Morgan fingerprint density at radius 1 is 1.19 bits per heavy atom. The molecular formula is C10H16AlO5. The largest absolute Gasteiger partial charge is 0.885 e. The highest BCUT2D eigenvalue weighted by Gasteiger charge is 2.43. The number of carbonyl (C=O) groups is 2. The van der Waals surface area contributed by atoms with Crippen molar-refractivity contribution < 1.29 is 22.6 Å². The van der Waals surface area contributed by atoms with Gasteiger partial charge in [0.25, 0.3) is 11.9 Å². The first-order valence-electron chi connectivity index (χ1n) is 5.45. The Bertz CT molecular complexity index is 280. The Morgan fingerprint density at radius 3 is 2.44 bits per heavy atom. The minimum Gasteiger partial charge on any atom is -0.589 e. The van der Waals surface area contributed by atoms with Gasteiger partial charge in [-0.05, 0) is 25.2 Å². The predicted molar refractivity (Wildman–Crippen MR) is 56.2 cm³/mol. The Balaban J connectivity index is 0.00000128. The van der Waals surface area contributed by atoms with Gasteiger partial charge in [-0.25, -0.2) is 0 Å². The molecule has 0 amide bonds. The smallest absolute Gasteiger partial charge is 0.589 e. The summed E-state index contributed by atoms with van der Waals surface area (Å²) in [5.41, 5.74) is 0. The van der Waals surface area contributed by atoms with Gasteiger partial charge in [-0.2, -0.15) is 0 Å². The summed E-state index contributed by atoms with van der Waals surface area (Å²) in [4.78, 5) is 23.2. The second-order valence-corrected chi connectivity index (χ2v) is 4.93. The van der Waals surface area contributed by atoms with Crippen LogP contribution in [0.1, 0.15) is 32.6 Å². The highest BCUT2D eigenvalue weighted by atomic mass is 27.2. The molecule has 1 heterocycles. The Hall–Kier alpha value is -0.568. The summed E-state index contributed by atoms with van der Waals surface area (Å²) in [6.07, 6.45) is 3.65. The maximum Gasteiger partial charge on any atom is 0.885 e. The highest BCUT2D eigenvalue weighted by molar-refractivity contribution is 6.27. The quantitative estimate of drug-likeness (QED) is 0.617. The summed E-state index contributed by atoms with van der Waals surface area (Å²) in [6.45, 7) is 2.12. The first-order valence-corrected chi connectivity index (χ1v) is 6.39. The fraction of sp³-hybridized carbons (Fsp3) is 0.800. The van der Waals surface area contributed by atoms with E-state index < -0.39 is 15.9 Å². The van der Waals surface area contributed by atoms with Crippen LogP contribution in [-0.2, 0) is 17.2 Å². The molecule has 0 aromatic carbocycles. The molecule has 2 N–H and O–H groups in total. The summed E-state index contributed by atoms with van der Waals surface area (Å²) in [6, 6.07) is 0. The van der Waals surface area contributed by atoms with Crippen LogP contribution >= 0.6 is 0 Å². The zero-order valence-electron chi connectivity index (χ0n) is 9.27. The van der Waals surface area contributed by atoms with Crippen LogP contribution in [0.5, 0.6) is 0 Å². The van der Waals surface area contributed by atoms with Gasteiger partial charge >= 0.3 is 15.9 Å². The number of carbonyl (C=O) groups excluding carboxylic acids is 2. The van der Waals surface area contributed by atoms with E-state index in [0.717, 1.165) is 25.7 Å². The van der Waals surface area contributed by atoms with Gasteiger partial charge in [0.15, 0.2) is 0 Å². The minimum absolute atomic E-state index is 0. The molecule has 0 aromatic heterocycles. The van der Waals surface area contributed by atoms with E-state index in [0.29, 0.717) is 5.92 Å². The van der Waals surface area contributed by atoms with Gasteiger partial charge in [-0.1, -0.05) is 13.3 Å². The number of rotatable bonds is 1. The van der Waals surface area contributed by atoms with Crippen molar-refractivity contribution in [2.24, 2.45) is 17.8 Å². The van der Waals surface area contributed by atoms with E-state index in [9.17, 15) is 9.59 Å². The first kappa shape index (κ1) is 13.5. The fourth-order valence-electron chi connectivity index (χ4n) is 2.46. The molecule has 0 bridgehead atoms. The minimum atomic E-state index is -0.921. The van der Waals surface area contributed by atoms with Crippen LogP contribution in [0.25, 0.3) is 0 Å². The van der Waals surface area contributed by atoms with E-state index in [1.807, 2.05) is 0 Å². The Morgan fingerprint density at radius 2 is 1.81 bits per heavy atom. The van der Waals surface area contributed by atoms with E-state index in [2.05, 4.69) is 6.92 Å². The van der Waals surface area contributed by atoms with Crippen LogP contribution in [-0.4, -0.2) is 33.3 Å². The van der Waals surface area contributed by atoms with Gasteiger partial charge in [-0.3, -0.25) is 9.59 Å². The Labute approximate surface area is 101 Å². The van der Waals surface area contributed by atoms with Crippen LogP contribution in [0.4, 0.5) is 0 Å². The molecular weight excluding hydrogens is 227 g/mol. The van der Waals surface area contributed by atoms with E-state index in [4.69, 9.17) is 7.58 Å². The van der Waals surface area contributed by atoms with Gasteiger partial charge in [0.05, 0.1) is 11.8 Å². The van der Waals surface area contributed by atoms with Crippen molar-refractivity contribution in [2.75, 3.05) is 0 Å². The van der Waals surface area contributed by atoms with E-state index in [1.54, 1.807) is 0 Å². The number of fused-ring (bicyclic) bond motifs is 1. The molecule has 0 spiro atoms. The fourth-order valence-corrected chi connectivity index (χ4v) is 3.05. The normalized spacial score (nSPS) is 33.4. The van der Waals surface area contributed by atoms with E-state index in [1.165, 1.54) is 0 Å². The van der Waals surface area contributed by atoms with E-state index >= 15 is 0 Å². The third-order valence-electron chi connectivity index (χ3n) is 3.47. The van der Waals surface area contributed by atoms with Crippen LogP contribution in [0.2, 0.25) is 0 Å². The molecule has 89 valence electrons. The molecule has 1 aliphatic heterocycles.